The summed E-state index contributed by atoms with van der Waals surface area (Å²) < 4.78 is 12.7. The van der Waals surface area contributed by atoms with E-state index in [0.29, 0.717) is 6.42 Å². The van der Waals surface area contributed by atoms with Gasteiger partial charge in [-0.25, -0.2) is 4.39 Å². The fourth-order valence-electron chi connectivity index (χ4n) is 1.63. The molecule has 1 aromatic carbocycles. The van der Waals surface area contributed by atoms with Crippen molar-refractivity contribution in [3.63, 3.8) is 0 Å². The van der Waals surface area contributed by atoms with E-state index in [0.717, 1.165) is 12.0 Å². The van der Waals surface area contributed by atoms with Crippen LogP contribution in [0.15, 0.2) is 24.3 Å². The average Bonchev–Trinajstić information content (AvgIpc) is 2.29. The van der Waals surface area contributed by atoms with E-state index in [1.165, 1.54) is 12.1 Å². The van der Waals surface area contributed by atoms with Crippen LogP contribution in [0.1, 0.15) is 38.3 Å². The maximum Gasteiger partial charge on any atom is 0.123 e. The van der Waals surface area contributed by atoms with Crippen LogP contribution in [0, 0.1) is 17.1 Å². The second-order valence-corrected chi connectivity index (χ2v) is 3.91. The lowest BCUT2D eigenvalue weighted by Gasteiger charge is -2.20. The first-order valence-electron chi connectivity index (χ1n) is 5.55. The van der Waals surface area contributed by atoms with E-state index in [1.807, 2.05) is 13.8 Å². The highest BCUT2D eigenvalue weighted by molar-refractivity contribution is 5.19. The molecule has 2 nitrogen and oxygen atoms in total. The van der Waals surface area contributed by atoms with Gasteiger partial charge < -0.3 is 5.32 Å². The predicted molar refractivity (Wildman–Crippen MR) is 62.3 cm³/mol. The first-order chi connectivity index (χ1) is 7.67. The lowest BCUT2D eigenvalue weighted by Crippen LogP contribution is -2.30. The molecule has 1 rings (SSSR count). The van der Waals surface area contributed by atoms with Gasteiger partial charge in [0.2, 0.25) is 0 Å². The molecule has 0 amide bonds. The maximum atomic E-state index is 12.7. The molecule has 0 radical (unpaired) electrons. The minimum atomic E-state index is -0.222. The lowest BCUT2D eigenvalue weighted by molar-refractivity contribution is 0.447. The van der Waals surface area contributed by atoms with Crippen molar-refractivity contribution in [3.8, 4) is 6.07 Å². The van der Waals surface area contributed by atoms with Gasteiger partial charge in [0.15, 0.2) is 0 Å². The molecule has 2 atom stereocenters. The predicted octanol–water partition coefficient (Wildman–Crippen LogP) is 3.17. The van der Waals surface area contributed by atoms with Crippen molar-refractivity contribution in [1.29, 1.82) is 5.26 Å². The number of hydrogen-bond acceptors (Lipinski definition) is 2. The molecule has 0 saturated carbocycles. The number of halogens is 1. The number of benzene rings is 1. The third-order valence-electron chi connectivity index (χ3n) is 2.69. The van der Waals surface area contributed by atoms with E-state index in [4.69, 9.17) is 5.26 Å². The van der Waals surface area contributed by atoms with E-state index < -0.39 is 0 Å². The summed E-state index contributed by atoms with van der Waals surface area (Å²) in [4.78, 5) is 0. The fraction of sp³-hybridized carbons (Fsp3) is 0.462. The molecule has 3 heteroatoms. The highest BCUT2D eigenvalue weighted by Crippen LogP contribution is 2.14. The monoisotopic (exact) mass is 220 g/mol. The summed E-state index contributed by atoms with van der Waals surface area (Å²) in [6, 6.07) is 8.95. The first kappa shape index (κ1) is 12.7. The van der Waals surface area contributed by atoms with Crippen LogP contribution < -0.4 is 5.32 Å². The van der Waals surface area contributed by atoms with Gasteiger partial charge in [-0.15, -0.1) is 0 Å². The number of nitrogens with zero attached hydrogens (tertiary/aromatic N) is 1. The smallest absolute Gasteiger partial charge is 0.123 e. The average molecular weight is 220 g/mol. The Morgan fingerprint density at radius 1 is 1.38 bits per heavy atom. The Balaban J connectivity index is 2.60. The minimum Gasteiger partial charge on any atom is -0.306 e. The second-order valence-electron chi connectivity index (χ2n) is 3.91. The quantitative estimate of drug-likeness (QED) is 0.827. The fourth-order valence-corrected chi connectivity index (χ4v) is 1.63. The Labute approximate surface area is 96.1 Å². The molecule has 0 aliphatic carbocycles. The van der Waals surface area contributed by atoms with Crippen molar-refractivity contribution < 1.29 is 4.39 Å². The SMILES string of the molecule is CCC(CC#N)N[C@@H](C)c1ccc(F)cc1. The van der Waals surface area contributed by atoms with E-state index in [1.54, 1.807) is 12.1 Å². The van der Waals surface area contributed by atoms with Crippen LogP contribution in [0.25, 0.3) is 0 Å². The van der Waals surface area contributed by atoms with Crippen LogP contribution in [0.3, 0.4) is 0 Å². The minimum absolute atomic E-state index is 0.138. The van der Waals surface area contributed by atoms with Gasteiger partial charge in [0.1, 0.15) is 5.82 Å². The van der Waals surface area contributed by atoms with E-state index in [-0.39, 0.29) is 17.9 Å². The van der Waals surface area contributed by atoms with Crippen LogP contribution in [0.2, 0.25) is 0 Å². The van der Waals surface area contributed by atoms with Gasteiger partial charge in [-0.1, -0.05) is 19.1 Å². The number of rotatable bonds is 5. The van der Waals surface area contributed by atoms with Crippen molar-refractivity contribution in [2.75, 3.05) is 0 Å². The Bertz CT molecular complexity index is 353. The van der Waals surface area contributed by atoms with E-state index in [9.17, 15) is 4.39 Å². The van der Waals surface area contributed by atoms with Gasteiger partial charge in [0.25, 0.3) is 0 Å². The molecule has 0 spiro atoms. The summed E-state index contributed by atoms with van der Waals surface area (Å²) in [5.74, 6) is -0.222. The van der Waals surface area contributed by atoms with Crippen LogP contribution in [0.4, 0.5) is 4.39 Å². The summed E-state index contributed by atoms with van der Waals surface area (Å²) >= 11 is 0. The molecular formula is C13H17FN2. The van der Waals surface area contributed by atoms with Crippen LogP contribution >= 0.6 is 0 Å². The molecule has 0 fully saturated rings. The molecule has 0 aromatic heterocycles. The highest BCUT2D eigenvalue weighted by atomic mass is 19.1. The topological polar surface area (TPSA) is 35.8 Å². The molecule has 0 aliphatic heterocycles. The molecule has 1 unspecified atom stereocenters. The largest absolute Gasteiger partial charge is 0.306 e. The highest BCUT2D eigenvalue weighted by Gasteiger charge is 2.11. The van der Waals surface area contributed by atoms with E-state index in [2.05, 4.69) is 11.4 Å². The third kappa shape index (κ3) is 3.63. The molecule has 0 heterocycles. The van der Waals surface area contributed by atoms with Crippen molar-refractivity contribution in [2.24, 2.45) is 0 Å². The zero-order valence-corrected chi connectivity index (χ0v) is 9.70. The summed E-state index contributed by atoms with van der Waals surface area (Å²) in [5, 5.41) is 12.0. The van der Waals surface area contributed by atoms with Gasteiger partial charge in [-0.05, 0) is 31.0 Å². The Kier molecular flexibility index (Phi) is 4.94. The zero-order chi connectivity index (χ0) is 12.0. The van der Waals surface area contributed by atoms with Crippen LogP contribution in [0.5, 0.6) is 0 Å². The van der Waals surface area contributed by atoms with Crippen LogP contribution in [-0.2, 0) is 0 Å². The Hall–Kier alpha value is -1.40. The van der Waals surface area contributed by atoms with Crippen molar-refractivity contribution in [2.45, 2.75) is 38.8 Å². The van der Waals surface area contributed by atoms with Crippen molar-refractivity contribution >= 4 is 0 Å². The standard InChI is InChI=1S/C13H17FN2/c1-3-13(8-9-15)16-10(2)11-4-6-12(14)7-5-11/h4-7,10,13,16H,3,8H2,1-2H3/t10-,13?/m0/s1. The van der Waals surface area contributed by atoms with Gasteiger partial charge >= 0.3 is 0 Å². The zero-order valence-electron chi connectivity index (χ0n) is 9.70. The molecule has 1 N–H and O–H groups in total. The molecular weight excluding hydrogens is 203 g/mol. The summed E-state index contributed by atoms with van der Waals surface area (Å²) in [6.45, 7) is 4.07. The third-order valence-corrected chi connectivity index (χ3v) is 2.69. The van der Waals surface area contributed by atoms with E-state index >= 15 is 0 Å². The Morgan fingerprint density at radius 2 is 2.00 bits per heavy atom. The van der Waals surface area contributed by atoms with Gasteiger partial charge in [0, 0.05) is 12.1 Å². The number of nitrogens with one attached hydrogen (secondary N) is 1. The molecule has 1 aromatic rings. The Morgan fingerprint density at radius 3 is 2.50 bits per heavy atom. The lowest BCUT2D eigenvalue weighted by atomic mass is 10.1. The molecule has 86 valence electrons. The molecule has 0 bridgehead atoms. The van der Waals surface area contributed by atoms with Crippen molar-refractivity contribution in [1.82, 2.24) is 5.32 Å². The maximum absolute atomic E-state index is 12.7. The summed E-state index contributed by atoms with van der Waals surface area (Å²) in [7, 11) is 0. The van der Waals surface area contributed by atoms with Crippen molar-refractivity contribution in [3.05, 3.63) is 35.6 Å². The second kappa shape index (κ2) is 6.24. The normalized spacial score (nSPS) is 14.1. The van der Waals surface area contributed by atoms with Gasteiger partial charge in [0.05, 0.1) is 12.5 Å². The molecule has 0 saturated heterocycles. The molecule has 16 heavy (non-hydrogen) atoms. The molecule has 0 aliphatic rings. The summed E-state index contributed by atoms with van der Waals surface area (Å²) in [6.07, 6.45) is 1.42. The summed E-state index contributed by atoms with van der Waals surface area (Å²) in [5.41, 5.74) is 1.04. The number of nitriles is 1. The van der Waals surface area contributed by atoms with Crippen LogP contribution in [-0.4, -0.2) is 6.04 Å². The van der Waals surface area contributed by atoms with Gasteiger partial charge in [-0.3, -0.25) is 0 Å². The number of hydrogen-bond donors (Lipinski definition) is 1. The van der Waals surface area contributed by atoms with Gasteiger partial charge in [-0.2, -0.15) is 5.26 Å². The first-order valence-corrected chi connectivity index (χ1v) is 5.55.